The standard InChI is InChI=1S/C29H52N3O/c1-29(2,17-8-9-23-11-14-25(15-12-23)30(3)4)26-21-24(27-10-6-7-18-31(27)5)13-16-28(26)32-19-20-33-22-32/h8-9,18,23-28H,6-7,10-17,19-22H2,1-5H3/q+1. The lowest BCUT2D eigenvalue weighted by atomic mass is 9.62. The topological polar surface area (TPSA) is 18.7 Å². The number of rotatable bonds is 7. The molecule has 2 aliphatic carbocycles. The minimum Gasteiger partial charge on any atom is -0.365 e. The molecule has 33 heavy (non-hydrogen) atoms. The molecule has 0 aromatic carbocycles. The van der Waals surface area contributed by atoms with Crippen molar-refractivity contribution in [3.63, 3.8) is 0 Å². The van der Waals surface area contributed by atoms with E-state index in [2.05, 4.69) is 67.7 Å². The first-order valence-electron chi connectivity index (χ1n) is 14.1. The van der Waals surface area contributed by atoms with Crippen molar-refractivity contribution in [2.75, 3.05) is 41.0 Å². The maximum absolute atomic E-state index is 5.81. The predicted octanol–water partition coefficient (Wildman–Crippen LogP) is 5.42. The molecule has 1 saturated heterocycles. The Balaban J connectivity index is 1.41. The Morgan fingerprint density at radius 1 is 1.09 bits per heavy atom. The third kappa shape index (κ3) is 6.30. The monoisotopic (exact) mass is 458 g/mol. The van der Waals surface area contributed by atoms with Gasteiger partial charge < -0.3 is 9.64 Å². The quantitative estimate of drug-likeness (QED) is 0.375. The zero-order valence-electron chi connectivity index (χ0n) is 22.3. The van der Waals surface area contributed by atoms with Crippen LogP contribution in [0, 0.1) is 23.2 Å². The summed E-state index contributed by atoms with van der Waals surface area (Å²) in [5, 5.41) is 0. The molecular weight excluding hydrogens is 406 g/mol. The normalized spacial score (nSPS) is 37.1. The van der Waals surface area contributed by atoms with E-state index in [4.69, 9.17) is 4.74 Å². The van der Waals surface area contributed by atoms with E-state index in [0.29, 0.717) is 11.5 Å². The average molecular weight is 459 g/mol. The van der Waals surface area contributed by atoms with Crippen molar-refractivity contribution in [2.45, 2.75) is 103 Å². The van der Waals surface area contributed by atoms with Gasteiger partial charge in [-0.1, -0.05) is 26.0 Å². The minimum absolute atomic E-state index is 0.334. The second-order valence-corrected chi connectivity index (χ2v) is 12.6. The number of allylic oxidation sites excluding steroid dienone is 2. The van der Waals surface area contributed by atoms with Gasteiger partial charge in [-0.25, -0.2) is 4.58 Å². The number of hydrogen-bond acceptors (Lipinski definition) is 3. The third-order valence-electron chi connectivity index (χ3n) is 9.82. The van der Waals surface area contributed by atoms with Gasteiger partial charge in [-0.05, 0) is 89.1 Å². The summed E-state index contributed by atoms with van der Waals surface area (Å²) < 4.78 is 8.38. The summed E-state index contributed by atoms with van der Waals surface area (Å²) >= 11 is 0. The lowest BCUT2D eigenvalue weighted by Crippen LogP contribution is -2.50. The lowest BCUT2D eigenvalue weighted by molar-refractivity contribution is -0.550. The fraction of sp³-hybridized carbons (Fsp3) is 0.897. The Labute approximate surface area is 204 Å². The molecular formula is C29H52N3O+. The van der Waals surface area contributed by atoms with Crippen molar-refractivity contribution in [1.82, 2.24) is 9.80 Å². The Kier molecular flexibility index (Phi) is 8.73. The molecule has 2 aliphatic heterocycles. The first kappa shape index (κ1) is 25.4. The molecule has 0 radical (unpaired) electrons. The van der Waals surface area contributed by atoms with Crippen LogP contribution in [0.2, 0.25) is 0 Å². The van der Waals surface area contributed by atoms with Crippen LogP contribution in [0.3, 0.4) is 0 Å². The van der Waals surface area contributed by atoms with Crippen LogP contribution in [0.1, 0.15) is 84.5 Å². The molecule has 0 bridgehead atoms. The zero-order valence-corrected chi connectivity index (χ0v) is 22.3. The van der Waals surface area contributed by atoms with E-state index in [-0.39, 0.29) is 0 Å². The highest BCUT2D eigenvalue weighted by atomic mass is 16.5. The van der Waals surface area contributed by atoms with Gasteiger partial charge in [0.15, 0.2) is 6.04 Å². The van der Waals surface area contributed by atoms with E-state index in [1.54, 1.807) is 0 Å². The van der Waals surface area contributed by atoms with Crippen molar-refractivity contribution in [3.8, 4) is 0 Å². The van der Waals surface area contributed by atoms with Crippen molar-refractivity contribution in [2.24, 2.45) is 23.2 Å². The maximum Gasteiger partial charge on any atom is 0.154 e. The van der Waals surface area contributed by atoms with Gasteiger partial charge in [0.25, 0.3) is 0 Å². The molecule has 0 amide bonds. The SMILES string of the molecule is CN(C)C1CCC(C=CCC(C)(C)C2CC(C3CCCC=[N+]3C)CCC2N2CCOC2)CC1. The zero-order chi connectivity index (χ0) is 23.4. The van der Waals surface area contributed by atoms with Gasteiger partial charge in [-0.3, -0.25) is 4.90 Å². The highest BCUT2D eigenvalue weighted by Gasteiger charge is 2.46. The van der Waals surface area contributed by atoms with E-state index >= 15 is 0 Å². The van der Waals surface area contributed by atoms with Crippen LogP contribution in [0.25, 0.3) is 0 Å². The molecule has 4 nitrogen and oxygen atoms in total. The van der Waals surface area contributed by atoms with Gasteiger partial charge >= 0.3 is 0 Å². The Bertz CT molecular complexity index is 670. The molecule has 2 heterocycles. The van der Waals surface area contributed by atoms with Gasteiger partial charge in [0.05, 0.1) is 13.3 Å². The van der Waals surface area contributed by atoms with Gasteiger partial charge in [-0.2, -0.15) is 0 Å². The van der Waals surface area contributed by atoms with Crippen LogP contribution in [0.5, 0.6) is 0 Å². The van der Waals surface area contributed by atoms with Crippen molar-refractivity contribution < 1.29 is 9.31 Å². The molecule has 3 fully saturated rings. The van der Waals surface area contributed by atoms with Crippen LogP contribution in [0.15, 0.2) is 12.2 Å². The van der Waals surface area contributed by atoms with Crippen LogP contribution in [0.4, 0.5) is 0 Å². The molecule has 0 aromatic heterocycles. The molecule has 0 spiro atoms. The van der Waals surface area contributed by atoms with Crippen molar-refractivity contribution in [3.05, 3.63) is 12.2 Å². The Hall–Kier alpha value is -0.710. The second kappa shape index (κ2) is 11.4. The van der Waals surface area contributed by atoms with Crippen molar-refractivity contribution in [1.29, 1.82) is 0 Å². The molecule has 2 saturated carbocycles. The highest BCUT2D eigenvalue weighted by Crippen LogP contribution is 2.47. The average Bonchev–Trinajstić information content (AvgIpc) is 3.34. The molecule has 4 heteroatoms. The summed E-state index contributed by atoms with van der Waals surface area (Å²) in [7, 11) is 6.82. The third-order valence-corrected chi connectivity index (χ3v) is 9.82. The summed E-state index contributed by atoms with van der Waals surface area (Å²) in [6.07, 6.45) is 22.4. The first-order chi connectivity index (χ1) is 15.8. The van der Waals surface area contributed by atoms with Crippen LogP contribution < -0.4 is 0 Å². The van der Waals surface area contributed by atoms with E-state index in [1.807, 2.05) is 0 Å². The van der Waals surface area contributed by atoms with E-state index in [9.17, 15) is 0 Å². The molecule has 4 unspecified atom stereocenters. The molecule has 0 aromatic rings. The van der Waals surface area contributed by atoms with Gasteiger partial charge in [0.2, 0.25) is 0 Å². The molecule has 4 aliphatic rings. The Morgan fingerprint density at radius 2 is 1.88 bits per heavy atom. The number of nitrogens with zero attached hydrogens (tertiary/aromatic N) is 3. The summed E-state index contributed by atoms with van der Waals surface area (Å²) in [4.78, 5) is 5.10. The summed E-state index contributed by atoms with van der Waals surface area (Å²) in [6, 6.07) is 2.25. The highest BCUT2D eigenvalue weighted by molar-refractivity contribution is 5.51. The number of ether oxygens (including phenoxy) is 1. The molecule has 0 N–H and O–H groups in total. The molecule has 188 valence electrons. The molecule has 4 rings (SSSR count). The van der Waals surface area contributed by atoms with Gasteiger partial charge in [0, 0.05) is 37.4 Å². The lowest BCUT2D eigenvalue weighted by Gasteiger charge is -2.48. The summed E-state index contributed by atoms with van der Waals surface area (Å²) in [6.45, 7) is 8.03. The first-order valence-corrected chi connectivity index (χ1v) is 14.1. The second-order valence-electron chi connectivity index (χ2n) is 12.6. The van der Waals surface area contributed by atoms with E-state index in [0.717, 1.165) is 49.7 Å². The van der Waals surface area contributed by atoms with Crippen molar-refractivity contribution >= 4 is 6.21 Å². The largest absolute Gasteiger partial charge is 0.365 e. The van der Waals surface area contributed by atoms with Gasteiger partial charge in [0.1, 0.15) is 13.3 Å². The van der Waals surface area contributed by atoms with Crippen LogP contribution in [-0.4, -0.2) is 79.7 Å². The number of hydrogen-bond donors (Lipinski definition) is 0. The van der Waals surface area contributed by atoms with E-state index < -0.39 is 0 Å². The predicted molar refractivity (Wildman–Crippen MR) is 139 cm³/mol. The van der Waals surface area contributed by atoms with E-state index in [1.165, 1.54) is 70.6 Å². The Morgan fingerprint density at radius 3 is 2.55 bits per heavy atom. The van der Waals surface area contributed by atoms with Gasteiger partial charge in [-0.15, -0.1) is 0 Å². The summed E-state index contributed by atoms with van der Waals surface area (Å²) in [5.74, 6) is 2.40. The fourth-order valence-corrected chi connectivity index (χ4v) is 7.56. The molecule has 4 atom stereocenters. The smallest absolute Gasteiger partial charge is 0.154 e. The summed E-state index contributed by atoms with van der Waals surface area (Å²) in [5.41, 5.74) is 0.334. The maximum atomic E-state index is 5.81. The van der Waals surface area contributed by atoms with Crippen LogP contribution in [-0.2, 0) is 4.74 Å². The van der Waals surface area contributed by atoms with Crippen LogP contribution >= 0.6 is 0 Å². The minimum atomic E-state index is 0.334. The fourth-order valence-electron chi connectivity index (χ4n) is 7.56.